The first-order valence-electron chi connectivity index (χ1n) is 9.54. The summed E-state index contributed by atoms with van der Waals surface area (Å²) < 4.78 is 0. The molecule has 1 saturated carbocycles. The van der Waals surface area contributed by atoms with Crippen molar-refractivity contribution in [2.45, 2.75) is 39.0 Å². The first-order valence-corrected chi connectivity index (χ1v) is 9.54. The Kier molecular flexibility index (Phi) is 8.18. The molecule has 0 spiro atoms. The molecule has 1 aliphatic carbocycles. The lowest BCUT2D eigenvalue weighted by atomic mass is 9.82. The van der Waals surface area contributed by atoms with Crippen LogP contribution in [0.2, 0.25) is 0 Å². The van der Waals surface area contributed by atoms with Crippen LogP contribution < -0.4 is 10.6 Å². The summed E-state index contributed by atoms with van der Waals surface area (Å²) in [6, 6.07) is 8.00. The molecule has 1 aromatic rings. The third-order valence-electron chi connectivity index (χ3n) is 5.51. The number of nitrogens with one attached hydrogen (secondary N) is 2. The molecule has 2 fully saturated rings. The zero-order chi connectivity index (χ0) is 17.6. The van der Waals surface area contributed by atoms with Crippen molar-refractivity contribution in [3.05, 3.63) is 29.8 Å². The zero-order valence-electron chi connectivity index (χ0n) is 15.8. The molecular weight excluding hydrogens is 439 g/mol. The lowest BCUT2D eigenvalue weighted by Gasteiger charge is -2.22. The van der Waals surface area contributed by atoms with Gasteiger partial charge < -0.3 is 15.5 Å². The van der Waals surface area contributed by atoms with Crippen LogP contribution in [0.1, 0.15) is 38.2 Å². The van der Waals surface area contributed by atoms with Gasteiger partial charge in [-0.2, -0.15) is 0 Å². The van der Waals surface area contributed by atoms with Crippen LogP contribution in [0, 0.1) is 11.8 Å². The van der Waals surface area contributed by atoms with Gasteiger partial charge in [0.25, 0.3) is 0 Å². The number of hydrogen-bond acceptors (Lipinski definition) is 2. The summed E-state index contributed by atoms with van der Waals surface area (Å²) in [6.07, 6.45) is 6.37. The predicted molar refractivity (Wildman–Crippen MR) is 118 cm³/mol. The van der Waals surface area contributed by atoms with Crippen LogP contribution in [0.15, 0.2) is 29.3 Å². The smallest absolute Gasteiger partial charge is 0.243 e. The molecule has 144 valence electrons. The third kappa shape index (κ3) is 5.34. The normalized spacial score (nSPS) is 22.4. The number of hydrogen-bond donors (Lipinski definition) is 2. The van der Waals surface area contributed by atoms with Gasteiger partial charge in [-0.15, -0.1) is 24.0 Å². The molecule has 5 nitrogen and oxygen atoms in total. The van der Waals surface area contributed by atoms with Crippen molar-refractivity contribution in [3.8, 4) is 0 Å². The van der Waals surface area contributed by atoms with E-state index in [0.29, 0.717) is 0 Å². The molecule has 0 bridgehead atoms. The van der Waals surface area contributed by atoms with E-state index in [9.17, 15) is 4.79 Å². The largest absolute Gasteiger partial charge is 0.347 e. The SMILES string of the molecule is CCc1cccc(NC(=O)CNC(=NC)N2CC3CCCCC3C2)c1.I. The molecule has 2 aliphatic rings. The van der Waals surface area contributed by atoms with Crippen molar-refractivity contribution >= 4 is 41.5 Å². The Morgan fingerprint density at radius 2 is 1.92 bits per heavy atom. The number of aliphatic imine (C=N–C) groups is 1. The van der Waals surface area contributed by atoms with E-state index in [1.165, 1.54) is 31.2 Å². The Hall–Kier alpha value is -1.31. The molecule has 2 N–H and O–H groups in total. The number of amides is 1. The number of aryl methyl sites for hydroxylation is 1. The molecule has 2 atom stereocenters. The monoisotopic (exact) mass is 470 g/mol. The third-order valence-corrected chi connectivity index (χ3v) is 5.51. The van der Waals surface area contributed by atoms with Crippen LogP contribution in [-0.4, -0.2) is 43.4 Å². The Morgan fingerprint density at radius 3 is 2.54 bits per heavy atom. The standard InChI is InChI=1S/C20H30N4O.HI/c1-3-15-7-6-10-18(11-15)23-19(25)12-22-20(21-2)24-13-16-8-4-5-9-17(16)14-24;/h6-7,10-11,16-17H,3-5,8-9,12-14H2,1-2H3,(H,21,22)(H,23,25);1H. The number of rotatable bonds is 4. The number of likely N-dealkylation sites (tertiary alicyclic amines) is 1. The molecule has 1 heterocycles. The molecule has 0 aromatic heterocycles. The molecular formula is C20H31IN4O. The number of carbonyl (C=O) groups is 1. The van der Waals surface area contributed by atoms with Crippen LogP contribution in [0.25, 0.3) is 0 Å². The summed E-state index contributed by atoms with van der Waals surface area (Å²) in [6.45, 7) is 4.50. The lowest BCUT2D eigenvalue weighted by molar-refractivity contribution is -0.115. The average Bonchev–Trinajstić information content (AvgIpc) is 3.06. The summed E-state index contributed by atoms with van der Waals surface area (Å²) in [5.74, 6) is 2.42. The van der Waals surface area contributed by atoms with Crippen LogP contribution in [-0.2, 0) is 11.2 Å². The summed E-state index contributed by atoms with van der Waals surface area (Å²) in [5, 5.41) is 6.20. The number of fused-ring (bicyclic) bond motifs is 1. The van der Waals surface area contributed by atoms with Gasteiger partial charge in [-0.25, -0.2) is 0 Å². The highest BCUT2D eigenvalue weighted by molar-refractivity contribution is 14.0. The molecule has 2 unspecified atom stereocenters. The lowest BCUT2D eigenvalue weighted by Crippen LogP contribution is -2.43. The summed E-state index contributed by atoms with van der Waals surface area (Å²) in [4.78, 5) is 19.0. The molecule has 1 aliphatic heterocycles. The van der Waals surface area contributed by atoms with Gasteiger partial charge >= 0.3 is 0 Å². The van der Waals surface area contributed by atoms with Gasteiger partial charge in [-0.3, -0.25) is 9.79 Å². The van der Waals surface area contributed by atoms with Crippen molar-refractivity contribution in [1.29, 1.82) is 0 Å². The highest BCUT2D eigenvalue weighted by Gasteiger charge is 2.35. The van der Waals surface area contributed by atoms with Crippen molar-refractivity contribution in [3.63, 3.8) is 0 Å². The molecule has 6 heteroatoms. The van der Waals surface area contributed by atoms with Crippen molar-refractivity contribution in [1.82, 2.24) is 10.2 Å². The summed E-state index contributed by atoms with van der Waals surface area (Å²) in [5.41, 5.74) is 2.08. The van der Waals surface area contributed by atoms with Crippen LogP contribution >= 0.6 is 24.0 Å². The maximum Gasteiger partial charge on any atom is 0.243 e. The quantitative estimate of drug-likeness (QED) is 0.403. The molecule has 26 heavy (non-hydrogen) atoms. The van der Waals surface area contributed by atoms with Crippen molar-refractivity contribution in [2.24, 2.45) is 16.8 Å². The number of anilines is 1. The Morgan fingerprint density at radius 1 is 1.23 bits per heavy atom. The Labute approximate surface area is 174 Å². The molecule has 1 amide bonds. The highest BCUT2D eigenvalue weighted by Crippen LogP contribution is 2.35. The second-order valence-electron chi connectivity index (χ2n) is 7.21. The number of nitrogens with zero attached hydrogens (tertiary/aromatic N) is 2. The van der Waals surface area contributed by atoms with Gasteiger partial charge in [-0.1, -0.05) is 31.9 Å². The van der Waals surface area contributed by atoms with Gasteiger partial charge in [0.2, 0.25) is 5.91 Å². The van der Waals surface area contributed by atoms with Crippen LogP contribution in [0.4, 0.5) is 5.69 Å². The van der Waals surface area contributed by atoms with Gasteiger partial charge in [0.1, 0.15) is 0 Å². The first kappa shape index (κ1) is 21.0. The van der Waals surface area contributed by atoms with E-state index >= 15 is 0 Å². The van der Waals surface area contributed by atoms with E-state index in [4.69, 9.17) is 0 Å². The Bertz CT molecular complexity index is 620. The fourth-order valence-electron chi connectivity index (χ4n) is 4.14. The topological polar surface area (TPSA) is 56.7 Å². The van der Waals surface area contributed by atoms with E-state index in [2.05, 4.69) is 33.5 Å². The van der Waals surface area contributed by atoms with Gasteiger partial charge in [-0.05, 0) is 48.8 Å². The predicted octanol–water partition coefficient (Wildman–Crippen LogP) is 3.50. The van der Waals surface area contributed by atoms with E-state index < -0.39 is 0 Å². The number of guanidine groups is 1. The zero-order valence-corrected chi connectivity index (χ0v) is 18.2. The number of halogens is 1. The molecule has 1 aromatic carbocycles. The minimum atomic E-state index is -0.0361. The summed E-state index contributed by atoms with van der Waals surface area (Å²) >= 11 is 0. The maximum atomic E-state index is 12.3. The van der Waals surface area contributed by atoms with Crippen molar-refractivity contribution in [2.75, 3.05) is 32.0 Å². The maximum absolute atomic E-state index is 12.3. The van der Waals surface area contributed by atoms with Gasteiger partial charge in [0, 0.05) is 25.8 Å². The Balaban J connectivity index is 0.00000243. The summed E-state index contributed by atoms with van der Waals surface area (Å²) in [7, 11) is 1.80. The van der Waals surface area contributed by atoms with E-state index in [-0.39, 0.29) is 36.4 Å². The van der Waals surface area contributed by atoms with E-state index in [1.54, 1.807) is 7.05 Å². The fraction of sp³-hybridized carbons (Fsp3) is 0.600. The van der Waals surface area contributed by atoms with E-state index in [1.807, 2.05) is 18.2 Å². The second kappa shape index (κ2) is 10.1. The number of benzene rings is 1. The minimum absolute atomic E-state index is 0. The highest BCUT2D eigenvalue weighted by atomic mass is 127. The fourth-order valence-corrected chi connectivity index (χ4v) is 4.14. The van der Waals surface area contributed by atoms with Gasteiger partial charge in [0.05, 0.1) is 6.54 Å². The van der Waals surface area contributed by atoms with E-state index in [0.717, 1.165) is 43.0 Å². The first-order chi connectivity index (χ1) is 12.2. The van der Waals surface area contributed by atoms with Gasteiger partial charge in [0.15, 0.2) is 5.96 Å². The number of carbonyl (C=O) groups excluding carboxylic acids is 1. The molecule has 0 radical (unpaired) electrons. The average molecular weight is 470 g/mol. The minimum Gasteiger partial charge on any atom is -0.347 e. The molecule has 3 rings (SSSR count). The van der Waals surface area contributed by atoms with Crippen LogP contribution in [0.5, 0.6) is 0 Å². The second-order valence-corrected chi connectivity index (χ2v) is 7.21. The van der Waals surface area contributed by atoms with Crippen LogP contribution in [0.3, 0.4) is 0 Å². The van der Waals surface area contributed by atoms with Crippen molar-refractivity contribution < 1.29 is 4.79 Å². The molecule has 1 saturated heterocycles.